The molecule has 21 heavy (non-hydrogen) atoms. The molecule has 1 aliphatic heterocycles. The fourth-order valence-corrected chi connectivity index (χ4v) is 3.72. The molecule has 6 nitrogen and oxygen atoms in total. The standard InChI is InChI=1S/C14H17N3O3S/c1-2-21(18,19)17-6-3-12-13(4-7-17)15-10-16-14(12)11-5-8-20-9-11/h5,8-10H,2-4,6-7H2,1H3. The SMILES string of the molecule is CCS(=O)(=O)N1CCc2ncnc(-c3ccoc3)c2CC1. The molecule has 0 bridgehead atoms. The van der Waals surface area contributed by atoms with E-state index in [9.17, 15) is 8.42 Å². The third-order valence-corrected chi connectivity index (χ3v) is 5.68. The Morgan fingerprint density at radius 3 is 2.81 bits per heavy atom. The van der Waals surface area contributed by atoms with Crippen LogP contribution in [0.15, 0.2) is 29.3 Å². The van der Waals surface area contributed by atoms with Crippen molar-refractivity contribution in [2.45, 2.75) is 19.8 Å². The smallest absolute Gasteiger partial charge is 0.213 e. The lowest BCUT2D eigenvalue weighted by Gasteiger charge is -2.18. The quantitative estimate of drug-likeness (QED) is 0.858. The Labute approximate surface area is 123 Å². The maximum absolute atomic E-state index is 12.0. The van der Waals surface area contributed by atoms with E-state index >= 15 is 0 Å². The number of rotatable bonds is 3. The van der Waals surface area contributed by atoms with E-state index in [1.807, 2.05) is 6.07 Å². The molecule has 0 spiro atoms. The summed E-state index contributed by atoms with van der Waals surface area (Å²) < 4.78 is 30.8. The van der Waals surface area contributed by atoms with E-state index in [-0.39, 0.29) is 5.75 Å². The Kier molecular flexibility index (Phi) is 3.77. The Morgan fingerprint density at radius 2 is 2.10 bits per heavy atom. The van der Waals surface area contributed by atoms with Crippen LogP contribution in [-0.4, -0.2) is 41.5 Å². The Bertz CT molecular complexity index is 726. The normalized spacial score (nSPS) is 16.4. The van der Waals surface area contributed by atoms with Crippen LogP contribution >= 0.6 is 0 Å². The molecule has 7 heteroatoms. The van der Waals surface area contributed by atoms with Crippen molar-refractivity contribution in [3.05, 3.63) is 36.2 Å². The van der Waals surface area contributed by atoms with Gasteiger partial charge in [-0.15, -0.1) is 0 Å². The number of nitrogens with zero attached hydrogens (tertiary/aromatic N) is 3. The third-order valence-electron chi connectivity index (χ3n) is 3.80. The molecule has 0 saturated heterocycles. The van der Waals surface area contributed by atoms with Gasteiger partial charge in [-0.2, -0.15) is 0 Å². The van der Waals surface area contributed by atoms with Gasteiger partial charge in [0.05, 0.1) is 24.0 Å². The summed E-state index contributed by atoms with van der Waals surface area (Å²) in [6.45, 7) is 2.62. The first-order valence-corrected chi connectivity index (χ1v) is 8.56. The zero-order valence-electron chi connectivity index (χ0n) is 11.8. The van der Waals surface area contributed by atoms with Crippen LogP contribution in [-0.2, 0) is 22.9 Å². The predicted octanol–water partition coefficient (Wildman–Crippen LogP) is 1.49. The zero-order chi connectivity index (χ0) is 14.9. The summed E-state index contributed by atoms with van der Waals surface area (Å²) >= 11 is 0. The van der Waals surface area contributed by atoms with Crippen molar-refractivity contribution in [2.24, 2.45) is 0 Å². The summed E-state index contributed by atoms with van der Waals surface area (Å²) in [7, 11) is -3.16. The van der Waals surface area contributed by atoms with Crippen molar-refractivity contribution in [3.8, 4) is 11.3 Å². The van der Waals surface area contributed by atoms with E-state index in [0.29, 0.717) is 25.9 Å². The maximum atomic E-state index is 12.0. The second-order valence-electron chi connectivity index (χ2n) is 4.96. The molecule has 3 rings (SSSR count). The fraction of sp³-hybridized carbons (Fsp3) is 0.429. The number of fused-ring (bicyclic) bond motifs is 1. The van der Waals surface area contributed by atoms with Gasteiger partial charge in [-0.3, -0.25) is 0 Å². The molecule has 0 aliphatic carbocycles. The van der Waals surface area contributed by atoms with E-state index in [2.05, 4.69) is 9.97 Å². The van der Waals surface area contributed by atoms with Crippen LogP contribution in [0.4, 0.5) is 0 Å². The van der Waals surface area contributed by atoms with Gasteiger partial charge < -0.3 is 4.42 Å². The van der Waals surface area contributed by atoms with Gasteiger partial charge in [0.2, 0.25) is 10.0 Å². The minimum atomic E-state index is -3.16. The summed E-state index contributed by atoms with van der Waals surface area (Å²) in [5.41, 5.74) is 3.69. The summed E-state index contributed by atoms with van der Waals surface area (Å²) in [5.74, 6) is 0.129. The van der Waals surface area contributed by atoms with Crippen molar-refractivity contribution in [1.29, 1.82) is 0 Å². The molecule has 0 atom stereocenters. The predicted molar refractivity (Wildman–Crippen MR) is 78.2 cm³/mol. The lowest BCUT2D eigenvalue weighted by molar-refractivity contribution is 0.427. The number of aromatic nitrogens is 2. The summed E-state index contributed by atoms with van der Waals surface area (Å²) in [6.07, 6.45) is 6.02. The molecule has 0 N–H and O–H groups in total. The second kappa shape index (κ2) is 5.57. The Morgan fingerprint density at radius 1 is 1.29 bits per heavy atom. The number of hydrogen-bond donors (Lipinski definition) is 0. The van der Waals surface area contributed by atoms with E-state index in [1.54, 1.807) is 23.8 Å². The van der Waals surface area contributed by atoms with Crippen LogP contribution in [0.5, 0.6) is 0 Å². The summed E-state index contributed by atoms with van der Waals surface area (Å²) in [6, 6.07) is 1.86. The number of sulfonamides is 1. The van der Waals surface area contributed by atoms with Crippen molar-refractivity contribution >= 4 is 10.0 Å². The first-order valence-electron chi connectivity index (χ1n) is 6.95. The van der Waals surface area contributed by atoms with E-state index in [4.69, 9.17) is 4.42 Å². The summed E-state index contributed by atoms with van der Waals surface area (Å²) in [5, 5.41) is 0. The molecule has 1 aliphatic rings. The Balaban J connectivity index is 1.95. The molecule has 0 aromatic carbocycles. The summed E-state index contributed by atoms with van der Waals surface area (Å²) in [4.78, 5) is 8.67. The van der Waals surface area contributed by atoms with E-state index in [1.165, 1.54) is 6.33 Å². The van der Waals surface area contributed by atoms with Gasteiger partial charge in [0.25, 0.3) is 0 Å². The highest BCUT2D eigenvalue weighted by molar-refractivity contribution is 7.89. The molecular formula is C14H17N3O3S. The van der Waals surface area contributed by atoms with Gasteiger partial charge >= 0.3 is 0 Å². The van der Waals surface area contributed by atoms with Crippen LogP contribution in [0.1, 0.15) is 18.2 Å². The first kappa shape index (κ1) is 14.2. The molecular weight excluding hydrogens is 290 g/mol. The third kappa shape index (κ3) is 2.71. The van der Waals surface area contributed by atoms with Gasteiger partial charge in [0, 0.05) is 36.3 Å². The van der Waals surface area contributed by atoms with Gasteiger partial charge in [-0.05, 0) is 19.4 Å². The number of furan rings is 1. The van der Waals surface area contributed by atoms with Gasteiger partial charge in [-0.1, -0.05) is 0 Å². The number of hydrogen-bond acceptors (Lipinski definition) is 5. The van der Waals surface area contributed by atoms with Crippen molar-refractivity contribution in [2.75, 3.05) is 18.8 Å². The monoisotopic (exact) mass is 307 g/mol. The highest BCUT2D eigenvalue weighted by Gasteiger charge is 2.25. The largest absolute Gasteiger partial charge is 0.472 e. The molecule has 0 fully saturated rings. The fourth-order valence-electron chi connectivity index (χ4n) is 2.61. The molecule has 112 valence electrons. The van der Waals surface area contributed by atoms with Crippen molar-refractivity contribution in [3.63, 3.8) is 0 Å². The van der Waals surface area contributed by atoms with Crippen LogP contribution in [0.3, 0.4) is 0 Å². The highest BCUT2D eigenvalue weighted by atomic mass is 32.2. The zero-order valence-corrected chi connectivity index (χ0v) is 12.6. The molecule has 0 unspecified atom stereocenters. The molecule has 3 heterocycles. The topological polar surface area (TPSA) is 76.3 Å². The van der Waals surface area contributed by atoms with Gasteiger partial charge in [-0.25, -0.2) is 22.7 Å². The van der Waals surface area contributed by atoms with Crippen LogP contribution < -0.4 is 0 Å². The van der Waals surface area contributed by atoms with E-state index < -0.39 is 10.0 Å². The van der Waals surface area contributed by atoms with Crippen LogP contribution in [0.25, 0.3) is 11.3 Å². The molecule has 0 amide bonds. The van der Waals surface area contributed by atoms with Crippen molar-refractivity contribution < 1.29 is 12.8 Å². The second-order valence-corrected chi connectivity index (χ2v) is 7.22. The molecule has 2 aromatic heterocycles. The minimum Gasteiger partial charge on any atom is -0.472 e. The molecule has 0 saturated carbocycles. The van der Waals surface area contributed by atoms with Crippen LogP contribution in [0.2, 0.25) is 0 Å². The molecule has 2 aromatic rings. The van der Waals surface area contributed by atoms with Gasteiger partial charge in [0.1, 0.15) is 6.33 Å². The average molecular weight is 307 g/mol. The Hall–Kier alpha value is -1.73. The van der Waals surface area contributed by atoms with E-state index in [0.717, 1.165) is 22.5 Å². The maximum Gasteiger partial charge on any atom is 0.213 e. The lowest BCUT2D eigenvalue weighted by atomic mass is 10.0. The minimum absolute atomic E-state index is 0.129. The van der Waals surface area contributed by atoms with Gasteiger partial charge in [0.15, 0.2) is 0 Å². The lowest BCUT2D eigenvalue weighted by Crippen LogP contribution is -2.34. The molecule has 0 radical (unpaired) electrons. The first-order chi connectivity index (χ1) is 10.1. The van der Waals surface area contributed by atoms with Crippen molar-refractivity contribution in [1.82, 2.24) is 14.3 Å². The average Bonchev–Trinajstić information content (AvgIpc) is 2.92. The highest BCUT2D eigenvalue weighted by Crippen LogP contribution is 2.26. The van der Waals surface area contributed by atoms with Crippen LogP contribution in [0, 0.1) is 0 Å².